The Morgan fingerprint density at radius 3 is 2.71 bits per heavy atom. The topological polar surface area (TPSA) is 59.8 Å². The first-order chi connectivity index (χ1) is 6.45. The highest BCUT2D eigenvalue weighted by Crippen LogP contribution is 2.14. The van der Waals surface area contributed by atoms with E-state index in [1.54, 1.807) is 13.4 Å². The molecule has 0 aliphatic heterocycles. The Morgan fingerprint density at radius 2 is 2.21 bits per heavy atom. The number of nitrogens with zero attached hydrogens (tertiary/aromatic N) is 3. The van der Waals surface area contributed by atoms with Crippen molar-refractivity contribution < 1.29 is 4.79 Å². The molecule has 1 amide bonds. The van der Waals surface area contributed by atoms with Crippen LogP contribution in [0.4, 0.5) is 0 Å². The maximum Gasteiger partial charge on any atom is 0.227 e. The van der Waals surface area contributed by atoms with Crippen LogP contribution in [0.3, 0.4) is 0 Å². The molecule has 0 saturated heterocycles. The zero-order chi connectivity index (χ0) is 10.8. The molecular formula is C9H16N4O. The highest BCUT2D eigenvalue weighted by molar-refractivity contribution is 5.77. The smallest absolute Gasteiger partial charge is 0.227 e. The molecule has 14 heavy (non-hydrogen) atoms. The van der Waals surface area contributed by atoms with Gasteiger partial charge in [0.25, 0.3) is 0 Å². The third kappa shape index (κ3) is 2.31. The third-order valence-corrected chi connectivity index (χ3v) is 1.94. The van der Waals surface area contributed by atoms with E-state index in [9.17, 15) is 4.79 Å². The van der Waals surface area contributed by atoms with Gasteiger partial charge in [0, 0.05) is 12.6 Å². The van der Waals surface area contributed by atoms with Gasteiger partial charge in [-0.05, 0) is 20.8 Å². The van der Waals surface area contributed by atoms with E-state index in [0.29, 0.717) is 5.82 Å². The molecule has 1 rings (SSSR count). The number of carbonyl (C=O) groups excluding carboxylic acids is 1. The van der Waals surface area contributed by atoms with Crippen LogP contribution in [0.25, 0.3) is 0 Å². The van der Waals surface area contributed by atoms with Gasteiger partial charge in [-0.15, -0.1) is 10.2 Å². The summed E-state index contributed by atoms with van der Waals surface area (Å²) in [5.41, 5.74) is -0.0904. The van der Waals surface area contributed by atoms with Crippen LogP contribution >= 0.6 is 0 Å². The molecule has 0 aromatic carbocycles. The van der Waals surface area contributed by atoms with Crippen molar-refractivity contribution in [1.82, 2.24) is 20.1 Å². The molecule has 0 radical (unpaired) electrons. The van der Waals surface area contributed by atoms with E-state index >= 15 is 0 Å². The number of nitrogens with one attached hydrogen (secondary N) is 1. The summed E-state index contributed by atoms with van der Waals surface area (Å²) in [5, 5.41) is 10.3. The van der Waals surface area contributed by atoms with Crippen LogP contribution < -0.4 is 5.32 Å². The molecule has 0 aliphatic carbocycles. The van der Waals surface area contributed by atoms with Crippen molar-refractivity contribution in [2.24, 2.45) is 0 Å². The van der Waals surface area contributed by atoms with Gasteiger partial charge >= 0.3 is 0 Å². The molecule has 1 aromatic rings. The highest BCUT2D eigenvalue weighted by atomic mass is 16.1. The molecule has 0 unspecified atom stereocenters. The Balaban J connectivity index is 2.88. The van der Waals surface area contributed by atoms with Crippen molar-refractivity contribution in [2.75, 3.05) is 7.05 Å². The van der Waals surface area contributed by atoms with Crippen molar-refractivity contribution in [3.8, 4) is 0 Å². The first-order valence-corrected chi connectivity index (χ1v) is 4.55. The summed E-state index contributed by atoms with van der Waals surface area (Å²) in [6.45, 7) is 6.14. The molecule has 0 saturated carbocycles. The fourth-order valence-electron chi connectivity index (χ4n) is 1.17. The molecule has 0 fully saturated rings. The summed E-state index contributed by atoms with van der Waals surface area (Å²) in [6.07, 6.45) is 1.92. The van der Waals surface area contributed by atoms with Crippen molar-refractivity contribution in [3.05, 3.63) is 12.2 Å². The average molecular weight is 196 g/mol. The molecular weight excluding hydrogens is 180 g/mol. The van der Waals surface area contributed by atoms with Gasteiger partial charge in [0.1, 0.15) is 12.2 Å². The van der Waals surface area contributed by atoms with Crippen LogP contribution in [0.2, 0.25) is 0 Å². The largest absolute Gasteiger partial charge is 0.359 e. The summed E-state index contributed by atoms with van der Waals surface area (Å²) in [7, 11) is 1.61. The van der Waals surface area contributed by atoms with Crippen LogP contribution in [0.5, 0.6) is 0 Å². The first-order valence-electron chi connectivity index (χ1n) is 4.55. The second-order valence-corrected chi connectivity index (χ2v) is 4.14. The lowest BCUT2D eigenvalue weighted by atomic mass is 10.1. The summed E-state index contributed by atoms with van der Waals surface area (Å²) in [5.74, 6) is 0.639. The van der Waals surface area contributed by atoms with E-state index in [-0.39, 0.29) is 17.9 Å². The van der Waals surface area contributed by atoms with E-state index in [0.717, 1.165) is 0 Å². The summed E-state index contributed by atoms with van der Waals surface area (Å²) in [4.78, 5) is 11.2. The van der Waals surface area contributed by atoms with Crippen LogP contribution in [0.1, 0.15) is 26.6 Å². The SMILES string of the molecule is CNC(=O)Cc1nncn1C(C)(C)C. The van der Waals surface area contributed by atoms with Gasteiger partial charge in [-0.3, -0.25) is 4.79 Å². The normalized spacial score (nSPS) is 11.4. The van der Waals surface area contributed by atoms with Crippen LogP contribution in [-0.2, 0) is 16.8 Å². The van der Waals surface area contributed by atoms with Gasteiger partial charge in [-0.2, -0.15) is 0 Å². The van der Waals surface area contributed by atoms with Crippen LogP contribution in [-0.4, -0.2) is 27.7 Å². The van der Waals surface area contributed by atoms with Gasteiger partial charge in [0.15, 0.2) is 0 Å². The van der Waals surface area contributed by atoms with E-state index in [2.05, 4.69) is 15.5 Å². The summed E-state index contributed by atoms with van der Waals surface area (Å²) >= 11 is 0. The molecule has 0 aliphatic rings. The second kappa shape index (κ2) is 3.77. The van der Waals surface area contributed by atoms with E-state index in [4.69, 9.17) is 0 Å². The maximum absolute atomic E-state index is 11.2. The molecule has 0 bridgehead atoms. The fraction of sp³-hybridized carbons (Fsp3) is 0.667. The predicted octanol–water partition coefficient (Wildman–Crippen LogP) is 0.322. The number of aromatic nitrogens is 3. The Bertz CT molecular complexity index is 324. The van der Waals surface area contributed by atoms with Crippen molar-refractivity contribution in [2.45, 2.75) is 32.7 Å². The Labute approximate surface area is 83.5 Å². The average Bonchev–Trinajstić information content (AvgIpc) is 2.51. The lowest BCUT2D eigenvalue weighted by Gasteiger charge is -2.21. The van der Waals surface area contributed by atoms with Gasteiger partial charge < -0.3 is 9.88 Å². The van der Waals surface area contributed by atoms with Gasteiger partial charge in [0.2, 0.25) is 5.91 Å². The van der Waals surface area contributed by atoms with Crippen LogP contribution in [0.15, 0.2) is 6.33 Å². The number of hydrogen-bond acceptors (Lipinski definition) is 3. The minimum absolute atomic E-state index is 0.0523. The molecule has 5 nitrogen and oxygen atoms in total. The minimum atomic E-state index is -0.0904. The lowest BCUT2D eigenvalue weighted by Crippen LogP contribution is -2.27. The van der Waals surface area contributed by atoms with E-state index in [1.807, 2.05) is 25.3 Å². The molecule has 0 spiro atoms. The second-order valence-electron chi connectivity index (χ2n) is 4.14. The van der Waals surface area contributed by atoms with Crippen LogP contribution in [0, 0.1) is 0 Å². The minimum Gasteiger partial charge on any atom is -0.359 e. The highest BCUT2D eigenvalue weighted by Gasteiger charge is 2.18. The monoisotopic (exact) mass is 196 g/mol. The van der Waals surface area contributed by atoms with Crippen molar-refractivity contribution in [1.29, 1.82) is 0 Å². The van der Waals surface area contributed by atoms with E-state index in [1.165, 1.54) is 0 Å². The number of rotatable bonds is 2. The maximum atomic E-state index is 11.2. The Kier molecular flexibility index (Phi) is 2.88. The van der Waals surface area contributed by atoms with Gasteiger partial charge in [-0.1, -0.05) is 0 Å². The fourth-order valence-corrected chi connectivity index (χ4v) is 1.17. The lowest BCUT2D eigenvalue weighted by molar-refractivity contribution is -0.120. The Hall–Kier alpha value is -1.39. The predicted molar refractivity (Wildman–Crippen MR) is 52.8 cm³/mol. The van der Waals surface area contributed by atoms with Gasteiger partial charge in [0.05, 0.1) is 6.42 Å². The zero-order valence-corrected chi connectivity index (χ0v) is 9.03. The Morgan fingerprint density at radius 1 is 1.57 bits per heavy atom. The van der Waals surface area contributed by atoms with Gasteiger partial charge in [-0.25, -0.2) is 0 Å². The number of amides is 1. The molecule has 1 N–H and O–H groups in total. The number of likely N-dealkylation sites (N-methyl/N-ethyl adjacent to an activating group) is 1. The van der Waals surface area contributed by atoms with Crippen molar-refractivity contribution in [3.63, 3.8) is 0 Å². The van der Waals surface area contributed by atoms with Crippen molar-refractivity contribution >= 4 is 5.91 Å². The van der Waals surface area contributed by atoms with E-state index < -0.39 is 0 Å². The third-order valence-electron chi connectivity index (χ3n) is 1.94. The standard InChI is InChI=1S/C9H16N4O/c1-9(2,3)13-6-11-12-7(13)5-8(14)10-4/h6H,5H2,1-4H3,(H,10,14). The summed E-state index contributed by atoms with van der Waals surface area (Å²) in [6, 6.07) is 0. The molecule has 1 heterocycles. The quantitative estimate of drug-likeness (QED) is 0.741. The molecule has 0 atom stereocenters. The number of hydrogen-bond donors (Lipinski definition) is 1. The molecule has 1 aromatic heterocycles. The first kappa shape index (κ1) is 10.7. The zero-order valence-electron chi connectivity index (χ0n) is 9.03. The number of carbonyl (C=O) groups is 1. The summed E-state index contributed by atoms with van der Waals surface area (Å²) < 4.78 is 1.90. The molecule has 5 heteroatoms. The molecule has 78 valence electrons.